The number of fused-ring (bicyclic) bond motifs is 1. The number of hydrogen-bond donors (Lipinski definition) is 0. The Balaban J connectivity index is 1.63. The third-order valence-corrected chi connectivity index (χ3v) is 4.98. The van der Waals surface area contributed by atoms with Crippen molar-refractivity contribution < 1.29 is 8.94 Å². The van der Waals surface area contributed by atoms with Gasteiger partial charge in [-0.05, 0) is 49.4 Å². The maximum absolute atomic E-state index is 5.44. The van der Waals surface area contributed by atoms with E-state index in [1.165, 1.54) is 17.5 Å². The molecule has 0 saturated heterocycles. The van der Waals surface area contributed by atoms with Crippen LogP contribution in [0.2, 0.25) is 0 Å². The first-order valence-corrected chi connectivity index (χ1v) is 9.18. The highest BCUT2D eigenvalue weighted by Crippen LogP contribution is 2.32. The molecule has 0 unspecified atom stereocenters. The number of aromatic nitrogens is 3. The van der Waals surface area contributed by atoms with E-state index in [-0.39, 0.29) is 0 Å². The van der Waals surface area contributed by atoms with Crippen LogP contribution in [-0.2, 0) is 13.0 Å². The second-order valence-electron chi connectivity index (χ2n) is 7.37. The van der Waals surface area contributed by atoms with Crippen molar-refractivity contribution in [3.63, 3.8) is 0 Å². The first-order valence-electron chi connectivity index (χ1n) is 9.18. The molecule has 4 heterocycles. The standard InChI is InChI=1S/C20H24N4O2/c1-13(2)4-7-24-8-5-17-16(11-24)10-21-14(3)18(17)19-22-20(26-23-19)15-6-9-25-12-15/h6,9-10,12-13H,4-5,7-8,11H2,1-3H3. The monoisotopic (exact) mass is 352 g/mol. The average Bonchev–Trinajstić information content (AvgIpc) is 3.31. The zero-order valence-corrected chi connectivity index (χ0v) is 15.5. The normalized spacial score (nSPS) is 14.8. The highest BCUT2D eigenvalue weighted by atomic mass is 16.5. The van der Waals surface area contributed by atoms with Crippen LogP contribution in [0.25, 0.3) is 22.8 Å². The van der Waals surface area contributed by atoms with Gasteiger partial charge in [0, 0.05) is 30.5 Å². The highest BCUT2D eigenvalue weighted by molar-refractivity contribution is 5.66. The van der Waals surface area contributed by atoms with Gasteiger partial charge in [0.2, 0.25) is 5.82 Å². The molecule has 4 rings (SSSR count). The second-order valence-corrected chi connectivity index (χ2v) is 7.37. The molecule has 3 aromatic rings. The van der Waals surface area contributed by atoms with Crippen LogP contribution in [0.15, 0.2) is 33.7 Å². The zero-order chi connectivity index (χ0) is 18.1. The SMILES string of the molecule is Cc1ncc2c(c1-c1noc(-c3ccoc3)n1)CCN(CCC(C)C)C2. The van der Waals surface area contributed by atoms with Crippen LogP contribution in [-0.4, -0.2) is 33.1 Å². The number of rotatable bonds is 5. The van der Waals surface area contributed by atoms with Gasteiger partial charge in [-0.25, -0.2) is 0 Å². The predicted octanol–water partition coefficient (Wildman–Crippen LogP) is 4.10. The third kappa shape index (κ3) is 3.29. The largest absolute Gasteiger partial charge is 0.472 e. The Morgan fingerprint density at radius 2 is 2.19 bits per heavy atom. The molecule has 0 spiro atoms. The highest BCUT2D eigenvalue weighted by Gasteiger charge is 2.24. The molecular weight excluding hydrogens is 328 g/mol. The molecule has 26 heavy (non-hydrogen) atoms. The molecule has 6 heteroatoms. The molecule has 136 valence electrons. The maximum Gasteiger partial charge on any atom is 0.261 e. The van der Waals surface area contributed by atoms with E-state index in [1.54, 1.807) is 12.5 Å². The third-order valence-electron chi connectivity index (χ3n) is 4.98. The van der Waals surface area contributed by atoms with E-state index in [0.717, 1.165) is 48.8 Å². The number of nitrogens with zero attached hydrogens (tertiary/aromatic N) is 4. The summed E-state index contributed by atoms with van der Waals surface area (Å²) in [6, 6.07) is 1.81. The molecule has 0 radical (unpaired) electrons. The van der Waals surface area contributed by atoms with E-state index in [2.05, 4.69) is 33.9 Å². The maximum atomic E-state index is 5.44. The molecule has 0 amide bonds. The Hall–Kier alpha value is -2.47. The van der Waals surface area contributed by atoms with Crippen molar-refractivity contribution in [2.24, 2.45) is 5.92 Å². The Morgan fingerprint density at radius 1 is 1.31 bits per heavy atom. The summed E-state index contributed by atoms with van der Waals surface area (Å²) in [6.45, 7) is 9.68. The minimum absolute atomic E-state index is 0.472. The topological polar surface area (TPSA) is 68.2 Å². The van der Waals surface area contributed by atoms with E-state index in [9.17, 15) is 0 Å². The Kier molecular flexibility index (Phi) is 4.59. The molecule has 0 saturated carbocycles. The molecule has 0 aliphatic carbocycles. The van der Waals surface area contributed by atoms with Gasteiger partial charge in [-0.1, -0.05) is 19.0 Å². The molecule has 0 fully saturated rings. The minimum Gasteiger partial charge on any atom is -0.472 e. The number of aryl methyl sites for hydroxylation is 1. The molecule has 6 nitrogen and oxygen atoms in total. The first-order chi connectivity index (χ1) is 12.6. The van der Waals surface area contributed by atoms with E-state index < -0.39 is 0 Å². The van der Waals surface area contributed by atoms with E-state index >= 15 is 0 Å². The molecule has 1 aliphatic heterocycles. The number of furan rings is 1. The fraction of sp³-hybridized carbons (Fsp3) is 0.450. The first kappa shape index (κ1) is 17.0. The Morgan fingerprint density at radius 3 is 2.96 bits per heavy atom. The van der Waals surface area contributed by atoms with Crippen LogP contribution in [0.5, 0.6) is 0 Å². The fourth-order valence-electron chi connectivity index (χ4n) is 3.46. The Bertz CT molecular complexity index is 883. The van der Waals surface area contributed by atoms with Crippen LogP contribution in [0.4, 0.5) is 0 Å². The van der Waals surface area contributed by atoms with Crippen molar-refractivity contribution in [2.75, 3.05) is 13.1 Å². The summed E-state index contributed by atoms with van der Waals surface area (Å²) in [5, 5.41) is 4.21. The summed E-state index contributed by atoms with van der Waals surface area (Å²) in [4.78, 5) is 11.7. The number of pyridine rings is 1. The van der Waals surface area contributed by atoms with Crippen molar-refractivity contribution in [1.82, 2.24) is 20.0 Å². The average molecular weight is 352 g/mol. The fourth-order valence-corrected chi connectivity index (χ4v) is 3.46. The van der Waals surface area contributed by atoms with Crippen LogP contribution in [0, 0.1) is 12.8 Å². The van der Waals surface area contributed by atoms with Crippen LogP contribution >= 0.6 is 0 Å². The molecular formula is C20H24N4O2. The van der Waals surface area contributed by atoms with Crippen molar-refractivity contribution in [2.45, 2.75) is 40.2 Å². The van der Waals surface area contributed by atoms with Gasteiger partial charge in [-0.3, -0.25) is 9.88 Å². The lowest BCUT2D eigenvalue weighted by molar-refractivity contribution is 0.239. The van der Waals surface area contributed by atoms with Crippen LogP contribution < -0.4 is 0 Å². The van der Waals surface area contributed by atoms with Gasteiger partial charge in [-0.15, -0.1) is 0 Å². The summed E-state index contributed by atoms with van der Waals surface area (Å²) < 4.78 is 10.5. The second kappa shape index (κ2) is 7.03. The Labute approximate surface area is 153 Å². The lowest BCUT2D eigenvalue weighted by atomic mass is 9.94. The van der Waals surface area contributed by atoms with Gasteiger partial charge >= 0.3 is 0 Å². The van der Waals surface area contributed by atoms with E-state index in [0.29, 0.717) is 11.7 Å². The minimum atomic E-state index is 0.472. The van der Waals surface area contributed by atoms with Crippen molar-refractivity contribution in [3.05, 3.63) is 41.6 Å². The molecule has 0 aromatic carbocycles. The molecule has 0 N–H and O–H groups in total. The predicted molar refractivity (Wildman–Crippen MR) is 98.4 cm³/mol. The summed E-state index contributed by atoms with van der Waals surface area (Å²) in [6.07, 6.45) is 7.42. The molecule has 3 aromatic heterocycles. The van der Waals surface area contributed by atoms with Gasteiger partial charge in [-0.2, -0.15) is 4.98 Å². The lowest BCUT2D eigenvalue weighted by Crippen LogP contribution is -2.32. The zero-order valence-electron chi connectivity index (χ0n) is 15.5. The quantitative estimate of drug-likeness (QED) is 0.688. The van der Waals surface area contributed by atoms with Gasteiger partial charge in [0.05, 0.1) is 11.8 Å². The van der Waals surface area contributed by atoms with Gasteiger partial charge < -0.3 is 8.94 Å². The van der Waals surface area contributed by atoms with Gasteiger partial charge in [0.1, 0.15) is 6.26 Å². The molecule has 0 atom stereocenters. The summed E-state index contributed by atoms with van der Waals surface area (Å²) in [5.74, 6) is 1.81. The van der Waals surface area contributed by atoms with Gasteiger partial charge in [0.15, 0.2) is 0 Å². The van der Waals surface area contributed by atoms with E-state index in [1.807, 2.05) is 19.2 Å². The van der Waals surface area contributed by atoms with Crippen LogP contribution in [0.3, 0.4) is 0 Å². The summed E-state index contributed by atoms with van der Waals surface area (Å²) in [7, 11) is 0. The van der Waals surface area contributed by atoms with E-state index in [4.69, 9.17) is 8.94 Å². The summed E-state index contributed by atoms with van der Waals surface area (Å²) >= 11 is 0. The van der Waals surface area contributed by atoms with Crippen molar-refractivity contribution >= 4 is 0 Å². The van der Waals surface area contributed by atoms with Gasteiger partial charge in [0.25, 0.3) is 5.89 Å². The molecule has 1 aliphatic rings. The smallest absolute Gasteiger partial charge is 0.261 e. The number of hydrogen-bond acceptors (Lipinski definition) is 6. The lowest BCUT2D eigenvalue weighted by Gasteiger charge is -2.30. The van der Waals surface area contributed by atoms with Crippen molar-refractivity contribution in [1.29, 1.82) is 0 Å². The van der Waals surface area contributed by atoms with Crippen LogP contribution in [0.1, 0.15) is 37.1 Å². The molecule has 0 bridgehead atoms. The van der Waals surface area contributed by atoms with Crippen molar-refractivity contribution in [3.8, 4) is 22.8 Å². The summed E-state index contributed by atoms with van der Waals surface area (Å²) in [5.41, 5.74) is 5.33.